The van der Waals surface area contributed by atoms with Gasteiger partial charge in [0.25, 0.3) is 0 Å². The van der Waals surface area contributed by atoms with Crippen molar-refractivity contribution in [3.63, 3.8) is 0 Å². The van der Waals surface area contributed by atoms with Crippen LogP contribution in [-0.2, 0) is 6.42 Å². The van der Waals surface area contributed by atoms with Gasteiger partial charge in [-0.1, -0.05) is 25.4 Å². The van der Waals surface area contributed by atoms with Crippen LogP contribution in [-0.4, -0.2) is 10.7 Å². The zero-order chi connectivity index (χ0) is 12.7. The van der Waals surface area contributed by atoms with Gasteiger partial charge in [0.05, 0.1) is 5.60 Å². The average Bonchev–Trinajstić information content (AvgIpc) is 2.47. The second kappa shape index (κ2) is 4.25. The first-order valence-corrected chi connectivity index (χ1v) is 6.34. The van der Waals surface area contributed by atoms with Crippen LogP contribution in [0.5, 0.6) is 0 Å². The first kappa shape index (κ1) is 12.8. The lowest BCUT2D eigenvalue weighted by atomic mass is 9.86. The summed E-state index contributed by atoms with van der Waals surface area (Å²) in [6.07, 6.45) is 2.93. The van der Waals surface area contributed by atoms with Crippen LogP contribution in [0.2, 0.25) is 5.02 Å². The molecule has 1 aliphatic rings. The number of aliphatic hydroxyl groups is 1. The van der Waals surface area contributed by atoms with Crippen molar-refractivity contribution in [3.8, 4) is 0 Å². The zero-order valence-corrected chi connectivity index (χ0v) is 11.0. The molecule has 0 bridgehead atoms. The minimum absolute atomic E-state index is 0.161. The van der Waals surface area contributed by atoms with Gasteiger partial charge in [0.2, 0.25) is 0 Å². The van der Waals surface area contributed by atoms with Gasteiger partial charge in [-0.05, 0) is 48.4 Å². The van der Waals surface area contributed by atoms with Crippen molar-refractivity contribution in [2.75, 3.05) is 0 Å². The summed E-state index contributed by atoms with van der Waals surface area (Å²) in [4.78, 5) is 0. The van der Waals surface area contributed by atoms with E-state index in [1.54, 1.807) is 6.07 Å². The topological polar surface area (TPSA) is 20.2 Å². The van der Waals surface area contributed by atoms with E-state index in [9.17, 15) is 9.50 Å². The molecule has 1 unspecified atom stereocenters. The third kappa shape index (κ3) is 2.99. The number of hydrogen-bond acceptors (Lipinski definition) is 1. The van der Waals surface area contributed by atoms with E-state index >= 15 is 0 Å². The number of rotatable bonds is 2. The van der Waals surface area contributed by atoms with Crippen molar-refractivity contribution < 1.29 is 9.50 Å². The predicted molar refractivity (Wildman–Crippen MR) is 67.7 cm³/mol. The van der Waals surface area contributed by atoms with Gasteiger partial charge in [0.1, 0.15) is 5.82 Å². The number of hydrogen-bond donors (Lipinski definition) is 1. The lowest BCUT2D eigenvalue weighted by Crippen LogP contribution is -2.29. The summed E-state index contributed by atoms with van der Waals surface area (Å²) >= 11 is 6.03. The largest absolute Gasteiger partial charge is 0.390 e. The van der Waals surface area contributed by atoms with E-state index in [2.05, 4.69) is 13.8 Å². The number of halogens is 2. The highest BCUT2D eigenvalue weighted by Crippen LogP contribution is 2.45. The van der Waals surface area contributed by atoms with Crippen molar-refractivity contribution in [2.24, 2.45) is 5.41 Å². The van der Waals surface area contributed by atoms with E-state index in [0.29, 0.717) is 17.0 Å². The van der Waals surface area contributed by atoms with Gasteiger partial charge in [-0.15, -0.1) is 0 Å². The number of benzene rings is 1. The van der Waals surface area contributed by atoms with Crippen LogP contribution in [0.4, 0.5) is 4.39 Å². The molecule has 0 aliphatic heterocycles. The van der Waals surface area contributed by atoms with Gasteiger partial charge in [-0.2, -0.15) is 0 Å². The smallest absolute Gasteiger partial charge is 0.123 e. The van der Waals surface area contributed by atoms with E-state index in [-0.39, 0.29) is 11.2 Å². The molecule has 0 spiro atoms. The quantitative estimate of drug-likeness (QED) is 0.849. The van der Waals surface area contributed by atoms with E-state index in [1.807, 2.05) is 0 Å². The Morgan fingerprint density at radius 2 is 2.06 bits per heavy atom. The molecule has 94 valence electrons. The SMILES string of the molecule is CC1(C)CCC(O)(Cc2cc(F)ccc2Cl)C1. The maximum absolute atomic E-state index is 13.2. The molecule has 1 N–H and O–H groups in total. The first-order chi connectivity index (χ1) is 7.80. The molecule has 1 fully saturated rings. The Kier molecular flexibility index (Phi) is 3.21. The van der Waals surface area contributed by atoms with Crippen molar-refractivity contribution >= 4 is 11.6 Å². The molecule has 3 heteroatoms. The van der Waals surface area contributed by atoms with E-state index in [4.69, 9.17) is 11.6 Å². The molecule has 1 aromatic rings. The first-order valence-electron chi connectivity index (χ1n) is 5.96. The lowest BCUT2D eigenvalue weighted by molar-refractivity contribution is 0.0378. The molecule has 1 saturated carbocycles. The predicted octanol–water partition coefficient (Wildman–Crippen LogP) is 3.96. The third-order valence-corrected chi connectivity index (χ3v) is 3.97. The standard InChI is InChI=1S/C14H18ClFO/c1-13(2)5-6-14(17,9-13)8-10-7-11(16)3-4-12(10)15/h3-4,7,17H,5-6,8-9H2,1-2H3. The summed E-state index contributed by atoms with van der Waals surface area (Å²) in [5.41, 5.74) is 0.127. The summed E-state index contributed by atoms with van der Waals surface area (Å²) in [6, 6.07) is 4.32. The minimum atomic E-state index is -0.735. The van der Waals surface area contributed by atoms with Gasteiger partial charge in [-0.3, -0.25) is 0 Å². The Morgan fingerprint density at radius 3 is 2.65 bits per heavy atom. The molecule has 0 heterocycles. The molecule has 17 heavy (non-hydrogen) atoms. The van der Waals surface area contributed by atoms with E-state index in [0.717, 1.165) is 19.3 Å². The van der Waals surface area contributed by atoms with Gasteiger partial charge in [0, 0.05) is 11.4 Å². The molecule has 1 aliphatic carbocycles. The van der Waals surface area contributed by atoms with Crippen LogP contribution >= 0.6 is 11.6 Å². The Balaban J connectivity index is 2.18. The summed E-state index contributed by atoms with van der Waals surface area (Å²) in [6.45, 7) is 4.30. The van der Waals surface area contributed by atoms with Crippen molar-refractivity contribution in [2.45, 2.75) is 45.1 Å². The van der Waals surface area contributed by atoms with Gasteiger partial charge in [0.15, 0.2) is 0 Å². The second-order valence-corrected chi connectivity index (χ2v) is 6.39. The van der Waals surface area contributed by atoms with Gasteiger partial charge >= 0.3 is 0 Å². The minimum Gasteiger partial charge on any atom is -0.390 e. The fourth-order valence-electron chi connectivity index (χ4n) is 2.82. The Labute approximate surface area is 107 Å². The summed E-state index contributed by atoms with van der Waals surface area (Å²) < 4.78 is 13.2. The monoisotopic (exact) mass is 256 g/mol. The molecule has 0 radical (unpaired) electrons. The summed E-state index contributed by atoms with van der Waals surface area (Å²) in [5, 5.41) is 11.0. The second-order valence-electron chi connectivity index (χ2n) is 5.98. The average molecular weight is 257 g/mol. The van der Waals surface area contributed by atoms with Gasteiger partial charge in [-0.25, -0.2) is 4.39 Å². The zero-order valence-electron chi connectivity index (χ0n) is 10.3. The normalized spacial score (nSPS) is 27.4. The van der Waals surface area contributed by atoms with Crippen LogP contribution in [0.1, 0.15) is 38.7 Å². The van der Waals surface area contributed by atoms with Crippen LogP contribution in [0, 0.1) is 11.2 Å². The highest BCUT2D eigenvalue weighted by atomic mass is 35.5. The van der Waals surface area contributed by atoms with E-state index < -0.39 is 5.60 Å². The van der Waals surface area contributed by atoms with Crippen molar-refractivity contribution in [3.05, 3.63) is 34.6 Å². The molecular formula is C14H18ClFO. The van der Waals surface area contributed by atoms with Crippen LogP contribution in [0.15, 0.2) is 18.2 Å². The Hall–Kier alpha value is -0.600. The fraction of sp³-hybridized carbons (Fsp3) is 0.571. The maximum Gasteiger partial charge on any atom is 0.123 e. The van der Waals surface area contributed by atoms with Crippen LogP contribution < -0.4 is 0 Å². The highest BCUT2D eigenvalue weighted by Gasteiger charge is 2.41. The Morgan fingerprint density at radius 1 is 1.35 bits per heavy atom. The molecule has 0 aromatic heterocycles. The fourth-order valence-corrected chi connectivity index (χ4v) is 3.01. The molecule has 1 nitrogen and oxygen atoms in total. The lowest BCUT2D eigenvalue weighted by Gasteiger charge is -2.25. The Bertz CT molecular complexity index is 430. The summed E-state index contributed by atoms with van der Waals surface area (Å²) in [5.74, 6) is -0.301. The summed E-state index contributed by atoms with van der Waals surface area (Å²) in [7, 11) is 0. The third-order valence-electron chi connectivity index (χ3n) is 3.60. The molecule has 1 atom stereocenters. The van der Waals surface area contributed by atoms with Gasteiger partial charge < -0.3 is 5.11 Å². The van der Waals surface area contributed by atoms with Crippen LogP contribution in [0.3, 0.4) is 0 Å². The van der Waals surface area contributed by atoms with Crippen LogP contribution in [0.25, 0.3) is 0 Å². The molecule has 0 amide bonds. The molecule has 1 aromatic carbocycles. The van der Waals surface area contributed by atoms with Crippen molar-refractivity contribution in [1.82, 2.24) is 0 Å². The molecule has 2 rings (SSSR count). The maximum atomic E-state index is 13.2. The van der Waals surface area contributed by atoms with E-state index in [1.165, 1.54) is 12.1 Å². The highest BCUT2D eigenvalue weighted by molar-refractivity contribution is 6.31. The molecule has 0 saturated heterocycles. The molecular weight excluding hydrogens is 239 g/mol. The van der Waals surface area contributed by atoms with Crippen molar-refractivity contribution in [1.29, 1.82) is 0 Å².